The number of benzene rings is 1. The molecule has 0 aliphatic heterocycles. The number of amides is 1. The molecule has 0 unspecified atom stereocenters. The third kappa shape index (κ3) is 5.20. The number of esters is 1. The van der Waals surface area contributed by atoms with Gasteiger partial charge in [-0.25, -0.2) is 4.79 Å². The lowest BCUT2D eigenvalue weighted by Crippen LogP contribution is -2.42. The van der Waals surface area contributed by atoms with Crippen LogP contribution in [0.15, 0.2) is 54.7 Å². The van der Waals surface area contributed by atoms with Crippen molar-refractivity contribution in [1.29, 1.82) is 0 Å². The quantitative estimate of drug-likeness (QED) is 0.744. The largest absolute Gasteiger partial charge is 0.480 e. The first-order valence-electron chi connectivity index (χ1n) is 7.20. The van der Waals surface area contributed by atoms with Crippen LogP contribution in [0.25, 0.3) is 0 Å². The molecule has 1 amide bonds. The van der Waals surface area contributed by atoms with Gasteiger partial charge in [0, 0.05) is 6.20 Å². The number of rotatable bonds is 7. The van der Waals surface area contributed by atoms with Gasteiger partial charge in [-0.05, 0) is 17.7 Å². The molecule has 0 aliphatic carbocycles. The van der Waals surface area contributed by atoms with E-state index in [-0.39, 0.29) is 12.3 Å². The van der Waals surface area contributed by atoms with Crippen LogP contribution in [0.1, 0.15) is 22.5 Å². The summed E-state index contributed by atoms with van der Waals surface area (Å²) in [4.78, 5) is 38.8. The molecule has 0 spiro atoms. The second kappa shape index (κ2) is 8.42. The van der Waals surface area contributed by atoms with Gasteiger partial charge in [0.25, 0.3) is 5.91 Å². The number of pyridine rings is 1. The van der Waals surface area contributed by atoms with Crippen LogP contribution in [-0.4, -0.2) is 34.0 Å². The van der Waals surface area contributed by atoms with Crippen molar-refractivity contribution < 1.29 is 24.2 Å². The molecular formula is C17H16N2O5. The average molecular weight is 328 g/mol. The summed E-state index contributed by atoms with van der Waals surface area (Å²) in [5.41, 5.74) is 0.858. The van der Waals surface area contributed by atoms with Crippen LogP contribution in [0.3, 0.4) is 0 Å². The summed E-state index contributed by atoms with van der Waals surface area (Å²) >= 11 is 0. The first kappa shape index (κ1) is 17.1. The molecule has 124 valence electrons. The highest BCUT2D eigenvalue weighted by Gasteiger charge is 2.25. The van der Waals surface area contributed by atoms with E-state index in [9.17, 15) is 14.4 Å². The predicted molar refractivity (Wildman–Crippen MR) is 84.0 cm³/mol. The number of aliphatic carboxylic acids is 1. The zero-order valence-corrected chi connectivity index (χ0v) is 12.7. The van der Waals surface area contributed by atoms with Gasteiger partial charge >= 0.3 is 11.9 Å². The first-order chi connectivity index (χ1) is 11.6. The van der Waals surface area contributed by atoms with Gasteiger partial charge < -0.3 is 15.2 Å². The normalized spacial score (nSPS) is 11.3. The monoisotopic (exact) mass is 328 g/mol. The van der Waals surface area contributed by atoms with Crippen molar-refractivity contribution in [3.05, 3.63) is 66.0 Å². The van der Waals surface area contributed by atoms with Crippen LogP contribution in [-0.2, 0) is 20.9 Å². The molecule has 2 rings (SSSR count). The molecule has 2 N–H and O–H groups in total. The molecule has 0 saturated heterocycles. The number of carbonyl (C=O) groups is 3. The fourth-order valence-corrected chi connectivity index (χ4v) is 1.89. The highest BCUT2D eigenvalue weighted by Crippen LogP contribution is 2.04. The van der Waals surface area contributed by atoms with E-state index in [1.54, 1.807) is 36.4 Å². The number of ether oxygens (including phenoxy) is 1. The first-order valence-corrected chi connectivity index (χ1v) is 7.20. The van der Waals surface area contributed by atoms with Gasteiger partial charge in [0.2, 0.25) is 0 Å². The number of carbonyl (C=O) groups excluding carboxylic acids is 2. The average Bonchev–Trinajstić information content (AvgIpc) is 2.61. The van der Waals surface area contributed by atoms with E-state index in [0.29, 0.717) is 0 Å². The molecule has 0 saturated carbocycles. The number of nitrogens with one attached hydrogen (secondary N) is 1. The summed E-state index contributed by atoms with van der Waals surface area (Å²) in [5.74, 6) is -2.71. The van der Waals surface area contributed by atoms with Gasteiger partial charge in [-0.3, -0.25) is 14.6 Å². The number of hydrogen-bond acceptors (Lipinski definition) is 5. The summed E-state index contributed by atoms with van der Waals surface area (Å²) in [5, 5.41) is 11.4. The van der Waals surface area contributed by atoms with Crippen molar-refractivity contribution in [1.82, 2.24) is 10.3 Å². The van der Waals surface area contributed by atoms with Crippen LogP contribution >= 0.6 is 0 Å². The summed E-state index contributed by atoms with van der Waals surface area (Å²) in [6.45, 7) is 0.0419. The lowest BCUT2D eigenvalue weighted by Gasteiger charge is -2.13. The molecule has 1 aromatic carbocycles. The van der Waals surface area contributed by atoms with Gasteiger partial charge in [0.15, 0.2) is 0 Å². The van der Waals surface area contributed by atoms with Gasteiger partial charge in [0.05, 0.1) is 6.42 Å². The van der Waals surface area contributed by atoms with Crippen LogP contribution < -0.4 is 5.32 Å². The molecule has 2 aromatic rings. The van der Waals surface area contributed by atoms with E-state index in [4.69, 9.17) is 9.84 Å². The second-order valence-electron chi connectivity index (χ2n) is 4.93. The van der Waals surface area contributed by atoms with Crippen LogP contribution in [0.2, 0.25) is 0 Å². The van der Waals surface area contributed by atoms with E-state index in [1.165, 1.54) is 12.3 Å². The third-order valence-corrected chi connectivity index (χ3v) is 3.11. The van der Waals surface area contributed by atoms with Gasteiger partial charge in [0.1, 0.15) is 18.3 Å². The summed E-state index contributed by atoms with van der Waals surface area (Å²) in [6, 6.07) is 12.3. The minimum atomic E-state index is -1.39. The van der Waals surface area contributed by atoms with Crippen LogP contribution in [0.4, 0.5) is 0 Å². The Bertz CT molecular complexity index is 703. The minimum Gasteiger partial charge on any atom is -0.480 e. The standard InChI is InChI=1S/C17H16N2O5/c20-15(24-11-12-6-2-1-3-7-12)10-14(17(22)23)19-16(21)13-8-4-5-9-18-13/h1-9,14H,10-11H2,(H,19,21)(H,22,23)/t14-/m0/s1. The van der Waals surface area contributed by atoms with E-state index in [2.05, 4.69) is 10.3 Å². The fourth-order valence-electron chi connectivity index (χ4n) is 1.89. The van der Waals surface area contributed by atoms with Gasteiger partial charge in [-0.1, -0.05) is 36.4 Å². The van der Waals surface area contributed by atoms with Crippen molar-refractivity contribution in [2.75, 3.05) is 0 Å². The Morgan fingerprint density at radius 1 is 1.08 bits per heavy atom. The van der Waals surface area contributed by atoms with Crippen molar-refractivity contribution in [2.24, 2.45) is 0 Å². The molecule has 0 bridgehead atoms. The Morgan fingerprint density at radius 3 is 2.42 bits per heavy atom. The predicted octanol–water partition coefficient (Wildman–Crippen LogP) is 1.40. The SMILES string of the molecule is O=C(C[C@H](NC(=O)c1ccccn1)C(=O)O)OCc1ccccc1. The highest BCUT2D eigenvalue weighted by atomic mass is 16.5. The van der Waals surface area contributed by atoms with Gasteiger partial charge in [-0.2, -0.15) is 0 Å². The van der Waals surface area contributed by atoms with E-state index in [0.717, 1.165) is 5.56 Å². The molecule has 0 fully saturated rings. The maximum atomic E-state index is 11.9. The molecule has 7 heteroatoms. The van der Waals surface area contributed by atoms with Gasteiger partial charge in [-0.15, -0.1) is 0 Å². The second-order valence-corrected chi connectivity index (χ2v) is 4.93. The number of carboxylic acids is 1. The molecular weight excluding hydrogens is 312 g/mol. The summed E-state index contributed by atoms with van der Waals surface area (Å²) in [6.07, 6.45) is 0.944. The molecule has 1 heterocycles. The van der Waals surface area contributed by atoms with Crippen LogP contribution in [0, 0.1) is 0 Å². The summed E-state index contributed by atoms with van der Waals surface area (Å²) < 4.78 is 5.03. The van der Waals surface area contributed by atoms with Crippen molar-refractivity contribution >= 4 is 17.8 Å². The Labute approximate surface area is 138 Å². The topological polar surface area (TPSA) is 106 Å². The van der Waals surface area contributed by atoms with Crippen molar-refractivity contribution in [3.8, 4) is 0 Å². The lowest BCUT2D eigenvalue weighted by atomic mass is 10.2. The Hall–Kier alpha value is -3.22. The smallest absolute Gasteiger partial charge is 0.326 e. The zero-order chi connectivity index (χ0) is 17.4. The van der Waals surface area contributed by atoms with E-state index < -0.39 is 30.3 Å². The molecule has 0 radical (unpaired) electrons. The zero-order valence-electron chi connectivity index (χ0n) is 12.7. The number of aromatic nitrogens is 1. The molecule has 1 atom stereocenters. The number of carboxylic acid groups (broad SMARTS) is 1. The minimum absolute atomic E-state index is 0.0419. The van der Waals surface area contributed by atoms with Crippen LogP contribution in [0.5, 0.6) is 0 Å². The molecule has 24 heavy (non-hydrogen) atoms. The molecule has 1 aromatic heterocycles. The maximum Gasteiger partial charge on any atom is 0.326 e. The van der Waals surface area contributed by atoms with E-state index in [1.807, 2.05) is 6.07 Å². The highest BCUT2D eigenvalue weighted by molar-refractivity contribution is 5.95. The Morgan fingerprint density at radius 2 is 1.79 bits per heavy atom. The van der Waals surface area contributed by atoms with Crippen molar-refractivity contribution in [3.63, 3.8) is 0 Å². The Kier molecular flexibility index (Phi) is 6.01. The number of hydrogen-bond donors (Lipinski definition) is 2. The molecule has 0 aliphatic rings. The fraction of sp³-hybridized carbons (Fsp3) is 0.176. The third-order valence-electron chi connectivity index (χ3n) is 3.11. The molecule has 7 nitrogen and oxygen atoms in total. The summed E-state index contributed by atoms with van der Waals surface area (Å²) in [7, 11) is 0. The number of nitrogens with zero attached hydrogens (tertiary/aromatic N) is 1. The maximum absolute atomic E-state index is 11.9. The van der Waals surface area contributed by atoms with Crippen molar-refractivity contribution in [2.45, 2.75) is 19.1 Å². The Balaban J connectivity index is 1.89. The lowest BCUT2D eigenvalue weighted by molar-refractivity contribution is -0.150. The van der Waals surface area contributed by atoms with E-state index >= 15 is 0 Å².